The van der Waals surface area contributed by atoms with Crippen LogP contribution in [-0.2, 0) is 7.05 Å². The predicted molar refractivity (Wildman–Crippen MR) is 79.4 cm³/mol. The van der Waals surface area contributed by atoms with Crippen LogP contribution < -0.4 is 0 Å². The van der Waals surface area contributed by atoms with Gasteiger partial charge in [0.15, 0.2) is 0 Å². The maximum absolute atomic E-state index is 5.34. The van der Waals surface area contributed by atoms with E-state index in [1.165, 1.54) is 0 Å². The van der Waals surface area contributed by atoms with E-state index in [2.05, 4.69) is 15.1 Å². The van der Waals surface area contributed by atoms with E-state index in [1.54, 1.807) is 6.33 Å². The van der Waals surface area contributed by atoms with Crippen LogP contribution in [0.25, 0.3) is 33.9 Å². The van der Waals surface area contributed by atoms with Crippen LogP contribution in [0.2, 0.25) is 0 Å². The summed E-state index contributed by atoms with van der Waals surface area (Å²) < 4.78 is 7.31. The van der Waals surface area contributed by atoms with E-state index in [0.717, 1.165) is 22.2 Å². The minimum atomic E-state index is 0.520. The lowest BCUT2D eigenvalue weighted by Crippen LogP contribution is -1.85. The molecule has 0 bridgehead atoms. The highest BCUT2D eigenvalue weighted by Gasteiger charge is 2.11. The molecule has 0 aliphatic heterocycles. The monoisotopic (exact) mass is 276 g/mol. The van der Waals surface area contributed by atoms with Gasteiger partial charge in [0.25, 0.3) is 5.89 Å². The number of hydrogen-bond donors (Lipinski definition) is 0. The maximum atomic E-state index is 5.34. The molecule has 4 rings (SSSR count). The number of nitrogens with zero attached hydrogens (tertiary/aromatic N) is 4. The third-order valence-electron chi connectivity index (χ3n) is 3.43. The summed E-state index contributed by atoms with van der Waals surface area (Å²) in [4.78, 5) is 8.80. The Morgan fingerprint density at radius 3 is 2.71 bits per heavy atom. The van der Waals surface area contributed by atoms with Gasteiger partial charge in [-0.25, -0.2) is 4.98 Å². The highest BCUT2D eigenvalue weighted by molar-refractivity contribution is 5.80. The van der Waals surface area contributed by atoms with Crippen LogP contribution in [0.5, 0.6) is 0 Å². The van der Waals surface area contributed by atoms with Crippen LogP contribution in [0.3, 0.4) is 0 Å². The van der Waals surface area contributed by atoms with Crippen molar-refractivity contribution in [3.05, 3.63) is 54.9 Å². The Balaban J connectivity index is 1.77. The number of aryl methyl sites for hydroxylation is 1. The molecule has 0 unspecified atom stereocenters. The van der Waals surface area contributed by atoms with Gasteiger partial charge < -0.3 is 9.09 Å². The Labute approximate surface area is 120 Å². The second-order valence-electron chi connectivity index (χ2n) is 4.85. The molecule has 4 aromatic rings. The van der Waals surface area contributed by atoms with Crippen molar-refractivity contribution in [1.29, 1.82) is 0 Å². The standard InChI is InChI=1S/C16H12N4O/c1-20-10-17-13-9-12(7-8-14(13)20)15-18-16(21-19-15)11-5-3-2-4-6-11/h2-10H,1H3. The molecule has 2 aromatic heterocycles. The van der Waals surface area contributed by atoms with Crippen molar-refractivity contribution >= 4 is 11.0 Å². The molecule has 0 saturated carbocycles. The molecule has 2 heterocycles. The van der Waals surface area contributed by atoms with Gasteiger partial charge >= 0.3 is 0 Å². The summed E-state index contributed by atoms with van der Waals surface area (Å²) in [6.45, 7) is 0. The van der Waals surface area contributed by atoms with E-state index >= 15 is 0 Å². The minimum absolute atomic E-state index is 0.520. The van der Waals surface area contributed by atoms with Crippen molar-refractivity contribution in [2.75, 3.05) is 0 Å². The largest absolute Gasteiger partial charge is 0.334 e. The van der Waals surface area contributed by atoms with Gasteiger partial charge in [-0.15, -0.1) is 0 Å². The first-order chi connectivity index (χ1) is 10.3. The van der Waals surface area contributed by atoms with E-state index in [0.29, 0.717) is 11.7 Å². The van der Waals surface area contributed by atoms with E-state index < -0.39 is 0 Å². The van der Waals surface area contributed by atoms with Crippen LogP contribution >= 0.6 is 0 Å². The van der Waals surface area contributed by atoms with E-state index in [-0.39, 0.29) is 0 Å². The zero-order chi connectivity index (χ0) is 14.2. The molecule has 0 atom stereocenters. The third-order valence-corrected chi connectivity index (χ3v) is 3.43. The zero-order valence-corrected chi connectivity index (χ0v) is 11.4. The first-order valence-corrected chi connectivity index (χ1v) is 6.62. The van der Waals surface area contributed by atoms with Gasteiger partial charge in [0.05, 0.1) is 17.4 Å². The number of rotatable bonds is 2. The molecule has 102 valence electrons. The molecule has 0 N–H and O–H groups in total. The zero-order valence-electron chi connectivity index (χ0n) is 11.4. The second kappa shape index (κ2) is 4.56. The summed E-state index contributed by atoms with van der Waals surface area (Å²) in [6, 6.07) is 15.7. The number of fused-ring (bicyclic) bond motifs is 1. The van der Waals surface area contributed by atoms with Gasteiger partial charge in [-0.3, -0.25) is 0 Å². The lowest BCUT2D eigenvalue weighted by Gasteiger charge is -1.96. The predicted octanol–water partition coefficient (Wildman–Crippen LogP) is 3.29. The van der Waals surface area contributed by atoms with Gasteiger partial charge in [-0.05, 0) is 30.3 Å². The number of benzene rings is 2. The van der Waals surface area contributed by atoms with Crippen molar-refractivity contribution in [1.82, 2.24) is 19.7 Å². The molecule has 0 amide bonds. The lowest BCUT2D eigenvalue weighted by molar-refractivity contribution is 0.432. The van der Waals surface area contributed by atoms with Gasteiger partial charge in [0, 0.05) is 18.2 Å². The fourth-order valence-electron chi connectivity index (χ4n) is 2.31. The maximum Gasteiger partial charge on any atom is 0.258 e. The molecule has 0 aliphatic carbocycles. The van der Waals surface area contributed by atoms with Crippen LogP contribution in [0, 0.1) is 0 Å². The normalized spacial score (nSPS) is 11.1. The second-order valence-corrected chi connectivity index (χ2v) is 4.85. The average Bonchev–Trinajstić information content (AvgIpc) is 3.15. The fraction of sp³-hybridized carbons (Fsp3) is 0.0625. The van der Waals surface area contributed by atoms with Crippen molar-refractivity contribution < 1.29 is 4.52 Å². The van der Waals surface area contributed by atoms with Crippen LogP contribution in [-0.4, -0.2) is 19.7 Å². The first kappa shape index (κ1) is 11.8. The third kappa shape index (κ3) is 1.99. The molecular weight excluding hydrogens is 264 g/mol. The number of imidazole rings is 1. The quantitative estimate of drug-likeness (QED) is 0.563. The van der Waals surface area contributed by atoms with Crippen LogP contribution in [0.4, 0.5) is 0 Å². The first-order valence-electron chi connectivity index (χ1n) is 6.62. The highest BCUT2D eigenvalue weighted by Crippen LogP contribution is 2.24. The summed E-state index contributed by atoms with van der Waals surface area (Å²) in [5.41, 5.74) is 3.80. The Morgan fingerprint density at radius 2 is 1.86 bits per heavy atom. The summed E-state index contributed by atoms with van der Waals surface area (Å²) >= 11 is 0. The Kier molecular flexibility index (Phi) is 2.57. The Morgan fingerprint density at radius 1 is 1.00 bits per heavy atom. The summed E-state index contributed by atoms with van der Waals surface area (Å²) in [5, 5.41) is 4.06. The fourth-order valence-corrected chi connectivity index (χ4v) is 2.31. The summed E-state index contributed by atoms with van der Waals surface area (Å²) in [6.07, 6.45) is 1.79. The van der Waals surface area contributed by atoms with Crippen molar-refractivity contribution in [2.45, 2.75) is 0 Å². The van der Waals surface area contributed by atoms with Gasteiger partial charge in [-0.2, -0.15) is 4.98 Å². The van der Waals surface area contributed by atoms with Gasteiger partial charge in [-0.1, -0.05) is 23.4 Å². The van der Waals surface area contributed by atoms with E-state index in [4.69, 9.17) is 4.52 Å². The molecule has 5 nitrogen and oxygen atoms in total. The Bertz CT molecular complexity index is 908. The van der Waals surface area contributed by atoms with E-state index in [1.807, 2.05) is 60.1 Å². The van der Waals surface area contributed by atoms with Crippen LogP contribution in [0.1, 0.15) is 0 Å². The summed E-state index contributed by atoms with van der Waals surface area (Å²) in [5.74, 6) is 1.09. The molecular formula is C16H12N4O. The molecule has 5 heteroatoms. The van der Waals surface area contributed by atoms with Gasteiger partial charge in [0.2, 0.25) is 5.82 Å². The molecule has 0 spiro atoms. The van der Waals surface area contributed by atoms with Crippen LogP contribution in [0.15, 0.2) is 59.4 Å². The summed E-state index contributed by atoms with van der Waals surface area (Å²) in [7, 11) is 1.97. The van der Waals surface area contributed by atoms with E-state index in [9.17, 15) is 0 Å². The van der Waals surface area contributed by atoms with Crippen molar-refractivity contribution in [2.24, 2.45) is 7.05 Å². The molecule has 0 fully saturated rings. The molecule has 0 saturated heterocycles. The number of aromatic nitrogens is 4. The smallest absolute Gasteiger partial charge is 0.258 e. The van der Waals surface area contributed by atoms with Crippen molar-refractivity contribution in [3.8, 4) is 22.8 Å². The van der Waals surface area contributed by atoms with Crippen molar-refractivity contribution in [3.63, 3.8) is 0 Å². The Hall–Kier alpha value is -2.95. The molecule has 0 aliphatic rings. The SMILES string of the molecule is Cn1cnc2cc(-c3noc(-c4ccccc4)n3)ccc21. The lowest BCUT2D eigenvalue weighted by atomic mass is 10.2. The molecule has 2 aromatic carbocycles. The highest BCUT2D eigenvalue weighted by atomic mass is 16.5. The van der Waals surface area contributed by atoms with Gasteiger partial charge in [0.1, 0.15) is 0 Å². The average molecular weight is 276 g/mol. The topological polar surface area (TPSA) is 56.7 Å². The number of hydrogen-bond acceptors (Lipinski definition) is 4. The minimum Gasteiger partial charge on any atom is -0.334 e. The molecule has 0 radical (unpaired) electrons. The molecule has 21 heavy (non-hydrogen) atoms.